The first-order valence-corrected chi connectivity index (χ1v) is 4.64. The number of rotatable bonds is 5. The van der Waals surface area contributed by atoms with Gasteiger partial charge in [-0.2, -0.15) is 0 Å². The van der Waals surface area contributed by atoms with Gasteiger partial charge >= 0.3 is 0 Å². The van der Waals surface area contributed by atoms with Gasteiger partial charge in [0.15, 0.2) is 5.78 Å². The van der Waals surface area contributed by atoms with Crippen molar-refractivity contribution in [2.45, 2.75) is 33.6 Å². The minimum Gasteiger partial charge on any atom is -0.381 e. The highest BCUT2D eigenvalue weighted by Gasteiger charge is 2.11. The van der Waals surface area contributed by atoms with E-state index in [0.717, 1.165) is 6.42 Å². The highest BCUT2D eigenvalue weighted by Crippen LogP contribution is 2.20. The SMILES string of the molecule is COC/C=C/C(=O)CCC(C)(C)C. The van der Waals surface area contributed by atoms with Gasteiger partial charge in [-0.15, -0.1) is 0 Å². The summed E-state index contributed by atoms with van der Waals surface area (Å²) in [6.45, 7) is 6.93. The van der Waals surface area contributed by atoms with E-state index in [2.05, 4.69) is 20.8 Å². The molecule has 0 rings (SSSR count). The Labute approximate surface area is 81.0 Å². The van der Waals surface area contributed by atoms with E-state index in [4.69, 9.17) is 4.74 Å². The Morgan fingerprint density at radius 1 is 1.38 bits per heavy atom. The fraction of sp³-hybridized carbons (Fsp3) is 0.727. The molecule has 0 aromatic heterocycles. The van der Waals surface area contributed by atoms with E-state index >= 15 is 0 Å². The van der Waals surface area contributed by atoms with Crippen LogP contribution in [0.5, 0.6) is 0 Å². The van der Waals surface area contributed by atoms with Crippen LogP contribution in [0.3, 0.4) is 0 Å². The van der Waals surface area contributed by atoms with E-state index in [1.54, 1.807) is 19.3 Å². The van der Waals surface area contributed by atoms with Crippen LogP contribution in [0.15, 0.2) is 12.2 Å². The minimum absolute atomic E-state index is 0.187. The molecule has 0 aliphatic carbocycles. The Bertz CT molecular complexity index is 175. The predicted molar refractivity (Wildman–Crippen MR) is 54.7 cm³/mol. The average Bonchev–Trinajstić information content (AvgIpc) is 2.00. The molecule has 0 aliphatic rings. The van der Waals surface area contributed by atoms with E-state index in [9.17, 15) is 4.79 Å². The summed E-state index contributed by atoms with van der Waals surface area (Å²) in [4.78, 5) is 11.2. The fourth-order valence-corrected chi connectivity index (χ4v) is 0.857. The number of methoxy groups -OCH3 is 1. The summed E-state index contributed by atoms with van der Waals surface area (Å²) < 4.78 is 4.80. The van der Waals surface area contributed by atoms with Gasteiger partial charge in [-0.05, 0) is 17.9 Å². The highest BCUT2D eigenvalue weighted by atomic mass is 16.5. The molecule has 0 atom stereocenters. The molecule has 0 N–H and O–H groups in total. The minimum atomic E-state index is 0.187. The van der Waals surface area contributed by atoms with Crippen LogP contribution in [0.25, 0.3) is 0 Å². The third kappa shape index (κ3) is 9.28. The van der Waals surface area contributed by atoms with E-state index < -0.39 is 0 Å². The van der Waals surface area contributed by atoms with Crippen LogP contribution in [0.2, 0.25) is 0 Å². The Balaban J connectivity index is 3.64. The van der Waals surface area contributed by atoms with E-state index in [0.29, 0.717) is 13.0 Å². The molecule has 0 heterocycles. The second-order valence-corrected chi connectivity index (χ2v) is 4.38. The van der Waals surface area contributed by atoms with Crippen LogP contribution in [-0.2, 0) is 9.53 Å². The Kier molecular flexibility index (Phi) is 5.63. The maximum absolute atomic E-state index is 11.2. The van der Waals surface area contributed by atoms with Gasteiger partial charge in [-0.25, -0.2) is 0 Å². The van der Waals surface area contributed by atoms with Crippen molar-refractivity contribution in [3.05, 3.63) is 12.2 Å². The third-order valence-corrected chi connectivity index (χ3v) is 1.69. The fourth-order valence-electron chi connectivity index (χ4n) is 0.857. The number of ketones is 1. The van der Waals surface area contributed by atoms with Crippen molar-refractivity contribution in [2.24, 2.45) is 5.41 Å². The van der Waals surface area contributed by atoms with Gasteiger partial charge in [0.2, 0.25) is 0 Å². The quantitative estimate of drug-likeness (QED) is 0.614. The predicted octanol–water partition coefficient (Wildman–Crippen LogP) is 2.58. The van der Waals surface area contributed by atoms with E-state index in [1.807, 2.05) is 0 Å². The van der Waals surface area contributed by atoms with Crippen molar-refractivity contribution in [1.29, 1.82) is 0 Å². The summed E-state index contributed by atoms with van der Waals surface area (Å²) in [5.74, 6) is 0.187. The average molecular weight is 184 g/mol. The number of ether oxygens (including phenoxy) is 1. The Morgan fingerprint density at radius 2 is 2.00 bits per heavy atom. The zero-order chi connectivity index (χ0) is 10.3. The number of hydrogen-bond acceptors (Lipinski definition) is 2. The van der Waals surface area contributed by atoms with Crippen LogP contribution in [-0.4, -0.2) is 19.5 Å². The largest absolute Gasteiger partial charge is 0.381 e. The van der Waals surface area contributed by atoms with Crippen molar-refractivity contribution in [3.63, 3.8) is 0 Å². The molecule has 0 saturated heterocycles. The van der Waals surface area contributed by atoms with Gasteiger partial charge in [0.25, 0.3) is 0 Å². The maximum atomic E-state index is 11.2. The lowest BCUT2D eigenvalue weighted by molar-refractivity contribution is -0.115. The molecule has 76 valence electrons. The van der Waals surface area contributed by atoms with E-state index in [-0.39, 0.29) is 11.2 Å². The molecule has 0 fully saturated rings. The summed E-state index contributed by atoms with van der Waals surface area (Å²) in [7, 11) is 1.62. The maximum Gasteiger partial charge on any atom is 0.155 e. The first kappa shape index (κ1) is 12.4. The van der Waals surface area contributed by atoms with Gasteiger partial charge in [0, 0.05) is 13.5 Å². The van der Waals surface area contributed by atoms with Crippen LogP contribution < -0.4 is 0 Å². The van der Waals surface area contributed by atoms with Gasteiger partial charge < -0.3 is 4.74 Å². The van der Waals surface area contributed by atoms with Crippen LogP contribution in [0, 0.1) is 5.41 Å². The molecule has 0 aromatic rings. The van der Waals surface area contributed by atoms with Crippen molar-refractivity contribution < 1.29 is 9.53 Å². The molecule has 0 bridgehead atoms. The molecule has 2 nitrogen and oxygen atoms in total. The highest BCUT2D eigenvalue weighted by molar-refractivity contribution is 5.89. The lowest BCUT2D eigenvalue weighted by Gasteiger charge is -2.16. The van der Waals surface area contributed by atoms with E-state index in [1.165, 1.54) is 0 Å². The monoisotopic (exact) mass is 184 g/mol. The lowest BCUT2D eigenvalue weighted by atomic mass is 9.89. The zero-order valence-electron chi connectivity index (χ0n) is 9.09. The Morgan fingerprint density at radius 3 is 2.46 bits per heavy atom. The molecule has 0 amide bonds. The zero-order valence-corrected chi connectivity index (χ0v) is 9.09. The first-order valence-electron chi connectivity index (χ1n) is 4.64. The Hall–Kier alpha value is -0.630. The van der Waals surface area contributed by atoms with Gasteiger partial charge in [-0.1, -0.05) is 26.8 Å². The molecule has 13 heavy (non-hydrogen) atoms. The molecule has 0 aliphatic heterocycles. The summed E-state index contributed by atoms with van der Waals surface area (Å²) in [5.41, 5.74) is 0.241. The molecule has 0 aromatic carbocycles. The van der Waals surface area contributed by atoms with Gasteiger partial charge in [0.05, 0.1) is 6.61 Å². The van der Waals surface area contributed by atoms with Crippen LogP contribution >= 0.6 is 0 Å². The number of carbonyl (C=O) groups is 1. The smallest absolute Gasteiger partial charge is 0.155 e. The second-order valence-electron chi connectivity index (χ2n) is 4.38. The number of hydrogen-bond donors (Lipinski definition) is 0. The molecular formula is C11H20O2. The van der Waals surface area contributed by atoms with Crippen molar-refractivity contribution in [3.8, 4) is 0 Å². The summed E-state index contributed by atoms with van der Waals surface area (Å²) in [6.07, 6.45) is 4.92. The topological polar surface area (TPSA) is 26.3 Å². The molecule has 2 heteroatoms. The molecule has 0 saturated carbocycles. The normalized spacial score (nSPS) is 12.3. The van der Waals surface area contributed by atoms with Crippen molar-refractivity contribution in [2.75, 3.05) is 13.7 Å². The standard InChI is InChI=1S/C11H20O2/c1-11(2,3)8-7-10(12)6-5-9-13-4/h5-6H,7-9H2,1-4H3/b6-5+. The summed E-state index contributed by atoms with van der Waals surface area (Å²) >= 11 is 0. The van der Waals surface area contributed by atoms with Crippen LogP contribution in [0.4, 0.5) is 0 Å². The molecule has 0 unspecified atom stereocenters. The number of carbonyl (C=O) groups excluding carboxylic acids is 1. The summed E-state index contributed by atoms with van der Waals surface area (Å²) in [5, 5.41) is 0. The van der Waals surface area contributed by atoms with Gasteiger partial charge in [0.1, 0.15) is 0 Å². The number of allylic oxidation sites excluding steroid dienone is 1. The van der Waals surface area contributed by atoms with Crippen LogP contribution in [0.1, 0.15) is 33.6 Å². The van der Waals surface area contributed by atoms with Crippen molar-refractivity contribution >= 4 is 5.78 Å². The summed E-state index contributed by atoms with van der Waals surface area (Å²) in [6, 6.07) is 0. The molecule has 0 radical (unpaired) electrons. The third-order valence-electron chi connectivity index (χ3n) is 1.69. The van der Waals surface area contributed by atoms with Gasteiger partial charge in [-0.3, -0.25) is 4.79 Å². The van der Waals surface area contributed by atoms with Crippen molar-refractivity contribution in [1.82, 2.24) is 0 Å². The lowest BCUT2D eigenvalue weighted by Crippen LogP contribution is -2.07. The molecule has 0 spiro atoms. The first-order chi connectivity index (χ1) is 5.95. The second kappa shape index (κ2) is 5.92. The molecular weight excluding hydrogens is 164 g/mol.